The van der Waals surface area contributed by atoms with Crippen molar-refractivity contribution in [3.8, 4) is 0 Å². The fourth-order valence-electron chi connectivity index (χ4n) is 4.36. The highest BCUT2D eigenvalue weighted by Gasteiger charge is 2.22. The average molecular weight is 577 g/mol. The molecule has 37 heavy (non-hydrogen) atoms. The molecule has 1 aromatic heterocycles. The van der Waals surface area contributed by atoms with E-state index in [2.05, 4.69) is 70.9 Å². The zero-order valence-corrected chi connectivity index (χ0v) is 24.7. The van der Waals surface area contributed by atoms with Crippen molar-refractivity contribution in [3.63, 3.8) is 0 Å². The number of aromatic nitrogens is 1. The molecule has 2 rings (SSSR count). The van der Waals surface area contributed by atoms with Crippen molar-refractivity contribution in [2.24, 2.45) is 0 Å². The topological polar surface area (TPSA) is 54.8 Å². The molecule has 7 heteroatoms. The summed E-state index contributed by atoms with van der Waals surface area (Å²) in [5.74, 6) is 0.0941. The summed E-state index contributed by atoms with van der Waals surface area (Å²) >= 11 is 3.50. The van der Waals surface area contributed by atoms with Crippen molar-refractivity contribution in [1.29, 1.82) is 0 Å². The van der Waals surface area contributed by atoms with Crippen molar-refractivity contribution in [3.05, 3.63) is 58.3 Å². The summed E-state index contributed by atoms with van der Waals surface area (Å²) < 4.78 is 8.47. The second kappa shape index (κ2) is 18.2. The van der Waals surface area contributed by atoms with Crippen LogP contribution in [0.25, 0.3) is 0 Å². The van der Waals surface area contributed by atoms with Gasteiger partial charge in [0.1, 0.15) is 0 Å². The van der Waals surface area contributed by atoms with Gasteiger partial charge < -0.3 is 19.1 Å². The number of benzene rings is 1. The minimum Gasteiger partial charge on any atom is -0.385 e. The Balaban J connectivity index is 2.06. The third-order valence-electron chi connectivity index (χ3n) is 6.63. The number of carbonyl (C=O) groups is 2. The van der Waals surface area contributed by atoms with Crippen molar-refractivity contribution in [2.75, 3.05) is 33.4 Å². The Kier molecular flexibility index (Phi) is 15.3. The first-order chi connectivity index (χ1) is 18.0. The van der Waals surface area contributed by atoms with E-state index in [0.29, 0.717) is 32.7 Å². The molecule has 0 saturated heterocycles. The van der Waals surface area contributed by atoms with Gasteiger partial charge in [0, 0.05) is 56.1 Å². The lowest BCUT2D eigenvalue weighted by Crippen LogP contribution is -2.43. The first-order valence-electron chi connectivity index (χ1n) is 13.9. The standard InChI is InChI=1S/C30H46BrN3O3/c1-4-6-8-9-10-14-29(35)34(21-12-22-37-3)25-30(36)33(19-7-5-2)24-28-13-11-20-32(28)23-26-15-17-27(31)18-16-26/h11,13,15-18,20H,4-10,12,14,19,21-25H2,1-3H3. The number of hydrogen-bond acceptors (Lipinski definition) is 3. The summed E-state index contributed by atoms with van der Waals surface area (Å²) in [5.41, 5.74) is 2.31. The van der Waals surface area contributed by atoms with Crippen molar-refractivity contribution >= 4 is 27.7 Å². The van der Waals surface area contributed by atoms with Gasteiger partial charge in [0.15, 0.2) is 0 Å². The number of nitrogens with zero attached hydrogens (tertiary/aromatic N) is 3. The van der Waals surface area contributed by atoms with Gasteiger partial charge in [-0.25, -0.2) is 0 Å². The third-order valence-corrected chi connectivity index (χ3v) is 7.16. The molecular formula is C30H46BrN3O3. The molecule has 206 valence electrons. The Morgan fingerprint density at radius 1 is 0.865 bits per heavy atom. The van der Waals surface area contributed by atoms with E-state index < -0.39 is 0 Å². The molecule has 2 amide bonds. The first kappa shape index (κ1) is 31.1. The molecule has 0 radical (unpaired) electrons. The molecule has 1 heterocycles. The fraction of sp³-hybridized carbons (Fsp3) is 0.600. The summed E-state index contributed by atoms with van der Waals surface area (Å²) in [5, 5.41) is 0. The second-order valence-electron chi connectivity index (χ2n) is 9.75. The van der Waals surface area contributed by atoms with E-state index in [4.69, 9.17) is 4.74 Å². The predicted molar refractivity (Wildman–Crippen MR) is 154 cm³/mol. The Bertz CT molecular complexity index is 913. The summed E-state index contributed by atoms with van der Waals surface area (Å²) in [4.78, 5) is 30.3. The smallest absolute Gasteiger partial charge is 0.242 e. The van der Waals surface area contributed by atoms with Crippen molar-refractivity contribution in [2.45, 2.75) is 84.7 Å². The predicted octanol–water partition coefficient (Wildman–Crippen LogP) is 6.65. The van der Waals surface area contributed by atoms with Crippen LogP contribution in [-0.2, 0) is 27.4 Å². The number of unbranched alkanes of at least 4 members (excludes halogenated alkanes) is 5. The van der Waals surface area contributed by atoms with Crippen LogP contribution in [0.3, 0.4) is 0 Å². The van der Waals surface area contributed by atoms with E-state index >= 15 is 0 Å². The molecule has 6 nitrogen and oxygen atoms in total. The molecule has 0 spiro atoms. The summed E-state index contributed by atoms with van der Waals surface area (Å²) in [6.07, 6.45) is 10.8. The van der Waals surface area contributed by atoms with Crippen LogP contribution in [0.15, 0.2) is 47.1 Å². The van der Waals surface area contributed by atoms with Gasteiger partial charge in [0.25, 0.3) is 0 Å². The largest absolute Gasteiger partial charge is 0.385 e. The SMILES string of the molecule is CCCCCCCC(=O)N(CCCOC)CC(=O)N(CCCC)Cc1cccn1Cc1ccc(Br)cc1. The van der Waals surface area contributed by atoms with Gasteiger partial charge in [-0.05, 0) is 49.1 Å². The number of amides is 2. The summed E-state index contributed by atoms with van der Waals surface area (Å²) in [7, 11) is 1.67. The molecule has 0 aliphatic rings. The molecule has 0 unspecified atom stereocenters. The Hall–Kier alpha value is -2.12. The molecule has 0 atom stereocenters. The number of ether oxygens (including phenoxy) is 1. The van der Waals surface area contributed by atoms with Crippen LogP contribution in [0.1, 0.15) is 82.9 Å². The number of methoxy groups -OCH3 is 1. The molecule has 2 aromatic rings. The quantitative estimate of drug-likeness (QED) is 0.176. The zero-order chi connectivity index (χ0) is 26.9. The van der Waals surface area contributed by atoms with E-state index in [1.54, 1.807) is 12.0 Å². The minimum absolute atomic E-state index is 0.0154. The number of halogens is 1. The maximum atomic E-state index is 13.5. The van der Waals surface area contributed by atoms with Crippen LogP contribution >= 0.6 is 15.9 Å². The zero-order valence-electron chi connectivity index (χ0n) is 23.1. The van der Waals surface area contributed by atoms with Gasteiger partial charge >= 0.3 is 0 Å². The fourth-order valence-corrected chi connectivity index (χ4v) is 4.63. The lowest BCUT2D eigenvalue weighted by molar-refractivity contribution is -0.141. The lowest BCUT2D eigenvalue weighted by Gasteiger charge is -2.28. The Morgan fingerprint density at radius 2 is 1.57 bits per heavy atom. The molecule has 0 N–H and O–H groups in total. The second-order valence-corrected chi connectivity index (χ2v) is 10.7. The van der Waals surface area contributed by atoms with Crippen LogP contribution in [0.2, 0.25) is 0 Å². The van der Waals surface area contributed by atoms with Crippen LogP contribution < -0.4 is 0 Å². The van der Waals surface area contributed by atoms with Gasteiger partial charge in [0.05, 0.1) is 13.1 Å². The van der Waals surface area contributed by atoms with Gasteiger partial charge in [-0.15, -0.1) is 0 Å². The summed E-state index contributed by atoms with van der Waals surface area (Å²) in [6, 6.07) is 12.4. The van der Waals surface area contributed by atoms with Crippen LogP contribution in [0, 0.1) is 0 Å². The van der Waals surface area contributed by atoms with Crippen molar-refractivity contribution < 1.29 is 14.3 Å². The normalized spacial score (nSPS) is 11.0. The van der Waals surface area contributed by atoms with Crippen LogP contribution in [0.5, 0.6) is 0 Å². The van der Waals surface area contributed by atoms with Gasteiger partial charge in [-0.1, -0.05) is 74.0 Å². The number of rotatable bonds is 19. The van der Waals surface area contributed by atoms with E-state index in [0.717, 1.165) is 55.2 Å². The lowest BCUT2D eigenvalue weighted by atomic mass is 10.1. The molecule has 0 fully saturated rings. The van der Waals surface area contributed by atoms with Gasteiger partial charge in [-0.3, -0.25) is 9.59 Å². The Labute approximate surface area is 232 Å². The molecule has 0 aliphatic carbocycles. The molecule has 1 aromatic carbocycles. The number of hydrogen-bond donors (Lipinski definition) is 0. The van der Waals surface area contributed by atoms with E-state index in [1.807, 2.05) is 11.0 Å². The molecule has 0 aliphatic heterocycles. The highest BCUT2D eigenvalue weighted by atomic mass is 79.9. The highest BCUT2D eigenvalue weighted by Crippen LogP contribution is 2.15. The monoisotopic (exact) mass is 575 g/mol. The Morgan fingerprint density at radius 3 is 2.27 bits per heavy atom. The number of carbonyl (C=O) groups excluding carboxylic acids is 2. The third kappa shape index (κ3) is 11.9. The highest BCUT2D eigenvalue weighted by molar-refractivity contribution is 9.10. The van der Waals surface area contributed by atoms with Crippen LogP contribution in [0.4, 0.5) is 0 Å². The van der Waals surface area contributed by atoms with Gasteiger partial charge in [-0.2, -0.15) is 0 Å². The van der Waals surface area contributed by atoms with Crippen LogP contribution in [-0.4, -0.2) is 59.5 Å². The maximum Gasteiger partial charge on any atom is 0.242 e. The maximum absolute atomic E-state index is 13.5. The first-order valence-corrected chi connectivity index (χ1v) is 14.7. The van der Waals surface area contributed by atoms with Crippen molar-refractivity contribution in [1.82, 2.24) is 14.4 Å². The average Bonchev–Trinajstić information content (AvgIpc) is 3.33. The van der Waals surface area contributed by atoms with E-state index in [-0.39, 0.29) is 18.4 Å². The molecule has 0 saturated carbocycles. The van der Waals surface area contributed by atoms with Gasteiger partial charge in [0.2, 0.25) is 11.8 Å². The van der Waals surface area contributed by atoms with E-state index in [9.17, 15) is 9.59 Å². The molecular weight excluding hydrogens is 530 g/mol. The molecule has 0 bridgehead atoms. The minimum atomic E-state index is 0.0154. The van der Waals surface area contributed by atoms with E-state index in [1.165, 1.54) is 18.4 Å². The summed E-state index contributed by atoms with van der Waals surface area (Å²) in [6.45, 7) is 7.58.